The zero-order valence-electron chi connectivity index (χ0n) is 10.9. The van der Waals surface area contributed by atoms with Crippen molar-refractivity contribution < 1.29 is 9.53 Å². The van der Waals surface area contributed by atoms with Gasteiger partial charge in [-0.1, -0.05) is 6.92 Å². The van der Waals surface area contributed by atoms with Crippen molar-refractivity contribution in [1.82, 2.24) is 4.90 Å². The molecule has 1 unspecified atom stereocenters. The maximum atomic E-state index is 12.2. The van der Waals surface area contributed by atoms with Crippen LogP contribution in [0.5, 0.6) is 5.75 Å². The first-order valence-corrected chi connectivity index (χ1v) is 5.71. The summed E-state index contributed by atoms with van der Waals surface area (Å²) < 4.78 is 5.18. The second kappa shape index (κ2) is 5.57. The predicted octanol–water partition coefficient (Wildman–Crippen LogP) is 2.15. The number of anilines is 1. The molecule has 0 bridgehead atoms. The zero-order chi connectivity index (χ0) is 13.0. The lowest BCUT2D eigenvalue weighted by Gasteiger charge is -2.24. The molecular formula is C13H20N2O2. The molecular weight excluding hydrogens is 216 g/mol. The average molecular weight is 236 g/mol. The molecule has 2 N–H and O–H groups in total. The third kappa shape index (κ3) is 2.90. The van der Waals surface area contributed by atoms with Crippen LogP contribution < -0.4 is 10.5 Å². The summed E-state index contributed by atoms with van der Waals surface area (Å²) in [5, 5.41) is 0. The number of ether oxygens (including phenoxy) is 1. The molecule has 0 fully saturated rings. The van der Waals surface area contributed by atoms with Gasteiger partial charge in [-0.2, -0.15) is 0 Å². The normalized spacial score (nSPS) is 12.0. The van der Waals surface area contributed by atoms with Gasteiger partial charge in [0.1, 0.15) is 5.75 Å². The molecule has 0 saturated carbocycles. The van der Waals surface area contributed by atoms with Gasteiger partial charge >= 0.3 is 0 Å². The number of nitrogens with two attached hydrogens (primary N) is 1. The Labute approximate surface area is 102 Å². The predicted molar refractivity (Wildman–Crippen MR) is 69.3 cm³/mol. The van der Waals surface area contributed by atoms with E-state index in [-0.39, 0.29) is 11.9 Å². The number of benzene rings is 1. The van der Waals surface area contributed by atoms with Gasteiger partial charge in [0.15, 0.2) is 0 Å². The number of rotatable bonds is 4. The lowest BCUT2D eigenvalue weighted by molar-refractivity contribution is 0.0737. The Kier molecular flexibility index (Phi) is 4.37. The molecule has 1 atom stereocenters. The van der Waals surface area contributed by atoms with Gasteiger partial charge in [-0.15, -0.1) is 0 Å². The summed E-state index contributed by atoms with van der Waals surface area (Å²) in [6.45, 7) is 4.07. The van der Waals surface area contributed by atoms with Gasteiger partial charge in [0, 0.05) is 24.8 Å². The molecule has 0 spiro atoms. The molecule has 0 aliphatic heterocycles. The molecule has 0 aliphatic carbocycles. The second-order valence-corrected chi connectivity index (χ2v) is 4.13. The van der Waals surface area contributed by atoms with Crippen LogP contribution in [-0.4, -0.2) is 31.0 Å². The van der Waals surface area contributed by atoms with Gasteiger partial charge < -0.3 is 15.4 Å². The molecule has 94 valence electrons. The fourth-order valence-electron chi connectivity index (χ4n) is 1.55. The van der Waals surface area contributed by atoms with Crippen molar-refractivity contribution in [3.05, 3.63) is 23.8 Å². The van der Waals surface area contributed by atoms with Crippen molar-refractivity contribution in [1.29, 1.82) is 0 Å². The van der Waals surface area contributed by atoms with Crippen molar-refractivity contribution in [2.75, 3.05) is 19.9 Å². The quantitative estimate of drug-likeness (QED) is 0.815. The lowest BCUT2D eigenvalue weighted by atomic mass is 10.1. The molecule has 1 aromatic rings. The second-order valence-electron chi connectivity index (χ2n) is 4.13. The van der Waals surface area contributed by atoms with Crippen molar-refractivity contribution >= 4 is 11.6 Å². The van der Waals surface area contributed by atoms with E-state index in [0.717, 1.165) is 6.42 Å². The summed E-state index contributed by atoms with van der Waals surface area (Å²) in [5.74, 6) is 0.473. The van der Waals surface area contributed by atoms with Gasteiger partial charge in [-0.25, -0.2) is 0 Å². The van der Waals surface area contributed by atoms with E-state index in [2.05, 4.69) is 6.92 Å². The topological polar surface area (TPSA) is 55.6 Å². The van der Waals surface area contributed by atoms with E-state index in [4.69, 9.17) is 10.5 Å². The van der Waals surface area contributed by atoms with Crippen LogP contribution >= 0.6 is 0 Å². The molecule has 17 heavy (non-hydrogen) atoms. The third-order valence-electron chi connectivity index (χ3n) is 3.03. The molecule has 0 saturated heterocycles. The van der Waals surface area contributed by atoms with Gasteiger partial charge in [-0.3, -0.25) is 4.79 Å². The molecule has 1 rings (SSSR count). The van der Waals surface area contributed by atoms with Crippen molar-refractivity contribution in [3.8, 4) is 5.75 Å². The molecule has 0 aliphatic rings. The summed E-state index contributed by atoms with van der Waals surface area (Å²) in [5.41, 5.74) is 6.79. The number of carbonyl (C=O) groups is 1. The van der Waals surface area contributed by atoms with E-state index in [9.17, 15) is 4.79 Å². The Morgan fingerprint density at radius 3 is 2.71 bits per heavy atom. The molecule has 1 amide bonds. The minimum absolute atomic E-state index is 0.0452. The zero-order valence-corrected chi connectivity index (χ0v) is 10.9. The smallest absolute Gasteiger partial charge is 0.257 e. The van der Waals surface area contributed by atoms with E-state index in [1.54, 1.807) is 30.1 Å². The Morgan fingerprint density at radius 2 is 2.18 bits per heavy atom. The van der Waals surface area contributed by atoms with Crippen molar-refractivity contribution in [2.45, 2.75) is 26.3 Å². The lowest BCUT2D eigenvalue weighted by Crippen LogP contribution is -2.34. The van der Waals surface area contributed by atoms with E-state index >= 15 is 0 Å². The van der Waals surface area contributed by atoms with Gasteiger partial charge in [-0.05, 0) is 25.5 Å². The van der Waals surface area contributed by atoms with Crippen molar-refractivity contribution in [2.24, 2.45) is 0 Å². The fourth-order valence-corrected chi connectivity index (χ4v) is 1.55. The Hall–Kier alpha value is -1.71. The van der Waals surface area contributed by atoms with Crippen LogP contribution in [0.25, 0.3) is 0 Å². The fraction of sp³-hybridized carbons (Fsp3) is 0.462. The van der Waals surface area contributed by atoms with Crippen LogP contribution in [0.1, 0.15) is 30.6 Å². The van der Waals surface area contributed by atoms with Crippen LogP contribution in [0.3, 0.4) is 0 Å². The number of amides is 1. The van der Waals surface area contributed by atoms with Gasteiger partial charge in [0.05, 0.1) is 12.7 Å². The monoisotopic (exact) mass is 236 g/mol. The van der Waals surface area contributed by atoms with Crippen LogP contribution in [0, 0.1) is 0 Å². The number of hydrogen-bond donors (Lipinski definition) is 1. The summed E-state index contributed by atoms with van der Waals surface area (Å²) in [4.78, 5) is 14.0. The number of carbonyl (C=O) groups excluding carboxylic acids is 1. The van der Waals surface area contributed by atoms with Crippen LogP contribution in [0.4, 0.5) is 5.69 Å². The summed E-state index contributed by atoms with van der Waals surface area (Å²) in [6.07, 6.45) is 0.916. The number of methoxy groups -OCH3 is 1. The molecule has 4 heteroatoms. The van der Waals surface area contributed by atoms with Crippen molar-refractivity contribution in [3.63, 3.8) is 0 Å². The molecule has 1 aromatic carbocycles. The minimum atomic E-state index is -0.0452. The number of nitrogen functional groups attached to an aromatic ring is 1. The third-order valence-corrected chi connectivity index (χ3v) is 3.03. The van der Waals surface area contributed by atoms with Gasteiger partial charge in [0.2, 0.25) is 0 Å². The Morgan fingerprint density at radius 1 is 1.53 bits per heavy atom. The Balaban J connectivity index is 3.03. The average Bonchev–Trinajstić information content (AvgIpc) is 2.35. The van der Waals surface area contributed by atoms with Crippen LogP contribution in [0.15, 0.2) is 18.2 Å². The maximum Gasteiger partial charge on any atom is 0.257 e. The largest absolute Gasteiger partial charge is 0.496 e. The first kappa shape index (κ1) is 13.4. The highest BCUT2D eigenvalue weighted by atomic mass is 16.5. The molecule has 0 radical (unpaired) electrons. The van der Waals surface area contributed by atoms with E-state index in [0.29, 0.717) is 17.0 Å². The molecule has 0 aromatic heterocycles. The standard InChI is InChI=1S/C13H20N2O2/c1-5-9(2)15(3)13(16)11-7-6-10(14)8-12(11)17-4/h6-9H,5,14H2,1-4H3. The first-order valence-electron chi connectivity index (χ1n) is 5.71. The Bertz CT molecular complexity index is 404. The summed E-state index contributed by atoms with van der Waals surface area (Å²) in [7, 11) is 3.33. The van der Waals surface area contributed by atoms with E-state index < -0.39 is 0 Å². The number of nitrogens with zero attached hydrogens (tertiary/aromatic N) is 1. The van der Waals surface area contributed by atoms with E-state index in [1.165, 1.54) is 7.11 Å². The minimum Gasteiger partial charge on any atom is -0.496 e. The first-order chi connectivity index (χ1) is 8.01. The van der Waals surface area contributed by atoms with Crippen LogP contribution in [-0.2, 0) is 0 Å². The van der Waals surface area contributed by atoms with Gasteiger partial charge in [0.25, 0.3) is 5.91 Å². The highest BCUT2D eigenvalue weighted by Crippen LogP contribution is 2.23. The van der Waals surface area contributed by atoms with Crippen LogP contribution in [0.2, 0.25) is 0 Å². The molecule has 4 nitrogen and oxygen atoms in total. The highest BCUT2D eigenvalue weighted by Gasteiger charge is 2.19. The summed E-state index contributed by atoms with van der Waals surface area (Å²) >= 11 is 0. The highest BCUT2D eigenvalue weighted by molar-refractivity contribution is 5.97. The van der Waals surface area contributed by atoms with E-state index in [1.807, 2.05) is 6.92 Å². The number of hydrogen-bond acceptors (Lipinski definition) is 3. The SMILES string of the molecule is CCC(C)N(C)C(=O)c1ccc(N)cc1OC. The summed E-state index contributed by atoms with van der Waals surface area (Å²) in [6, 6.07) is 5.28. The molecule has 0 heterocycles. The maximum absolute atomic E-state index is 12.2.